The molecule has 2 heterocycles. The second-order valence-corrected chi connectivity index (χ2v) is 4.27. The maximum Gasteiger partial charge on any atom is 0.233 e. The molecule has 0 bridgehead atoms. The van der Waals surface area contributed by atoms with E-state index in [2.05, 4.69) is 25.0 Å². The Bertz CT molecular complexity index is 520. The van der Waals surface area contributed by atoms with Gasteiger partial charge in [-0.1, -0.05) is 18.0 Å². The Labute approximate surface area is 116 Å². The van der Waals surface area contributed by atoms with Gasteiger partial charge in [-0.25, -0.2) is 4.98 Å². The first-order chi connectivity index (χ1) is 9.31. The monoisotopic (exact) mass is 277 g/mol. The van der Waals surface area contributed by atoms with Gasteiger partial charge in [0.1, 0.15) is 11.6 Å². The summed E-state index contributed by atoms with van der Waals surface area (Å²) >= 11 is 1.51. The summed E-state index contributed by atoms with van der Waals surface area (Å²) in [6.45, 7) is 0.633. The summed E-state index contributed by atoms with van der Waals surface area (Å²) in [7, 11) is 1.56. The zero-order chi connectivity index (χ0) is 13.5. The highest BCUT2D eigenvalue weighted by Gasteiger charge is 1.99. The van der Waals surface area contributed by atoms with Crippen molar-refractivity contribution in [3.8, 4) is 5.88 Å². The van der Waals surface area contributed by atoms with Gasteiger partial charge in [0.25, 0.3) is 0 Å². The summed E-state index contributed by atoms with van der Waals surface area (Å²) in [5.74, 6) is 2.01. The van der Waals surface area contributed by atoms with Crippen LogP contribution in [-0.4, -0.2) is 28.3 Å². The molecule has 0 amide bonds. The predicted molar refractivity (Wildman–Crippen MR) is 77.3 cm³/mol. The Morgan fingerprint density at radius 3 is 2.79 bits per heavy atom. The minimum Gasteiger partial charge on any atom is -0.480 e. The highest BCUT2D eigenvalue weighted by Crippen LogP contribution is 2.11. The topological polar surface area (TPSA) is 72.0 Å². The van der Waals surface area contributed by atoms with Crippen LogP contribution >= 0.6 is 11.9 Å². The number of aromatic nitrogens is 3. The van der Waals surface area contributed by atoms with Crippen LogP contribution in [0.2, 0.25) is 0 Å². The maximum absolute atomic E-state index is 5.01. The quantitative estimate of drug-likeness (QED) is 0.784. The Hall–Kier alpha value is -2.02. The summed E-state index contributed by atoms with van der Waals surface area (Å²) in [6.07, 6.45) is 6.99. The summed E-state index contributed by atoms with van der Waals surface area (Å²) in [4.78, 5) is 12.5. The average Bonchev–Trinajstić information content (AvgIpc) is 2.47. The molecule has 19 heavy (non-hydrogen) atoms. The minimum absolute atomic E-state index is 0.489. The van der Waals surface area contributed by atoms with E-state index in [4.69, 9.17) is 4.74 Å². The first-order valence-electron chi connectivity index (χ1n) is 5.65. The number of ether oxygens (including phenoxy) is 1. The van der Waals surface area contributed by atoms with E-state index in [1.807, 2.05) is 24.6 Å². The van der Waals surface area contributed by atoms with E-state index in [9.17, 15) is 0 Å². The zero-order valence-electron chi connectivity index (χ0n) is 10.8. The number of anilines is 2. The van der Waals surface area contributed by atoms with E-state index in [1.165, 1.54) is 11.9 Å². The number of hydrogen-bond donors (Lipinski definition) is 2. The fraction of sp³-hybridized carbons (Fsp3) is 0.250. The second-order valence-electron chi connectivity index (χ2n) is 3.66. The molecule has 0 fully saturated rings. The zero-order valence-corrected chi connectivity index (χ0v) is 11.6. The van der Waals surface area contributed by atoms with Crippen molar-refractivity contribution in [1.82, 2.24) is 15.0 Å². The molecule has 0 radical (unpaired) electrons. The predicted octanol–water partition coefficient (Wildman–Crippen LogP) is 2.18. The van der Waals surface area contributed by atoms with Crippen LogP contribution in [0.15, 0.2) is 30.7 Å². The third-order valence-corrected chi connectivity index (χ3v) is 2.74. The largest absolute Gasteiger partial charge is 0.480 e. The van der Waals surface area contributed by atoms with E-state index in [1.54, 1.807) is 19.5 Å². The molecule has 2 rings (SSSR count). The lowest BCUT2D eigenvalue weighted by molar-refractivity contribution is 0.396. The lowest BCUT2D eigenvalue weighted by atomic mass is 10.3. The van der Waals surface area contributed by atoms with E-state index in [0.717, 1.165) is 11.4 Å². The van der Waals surface area contributed by atoms with Gasteiger partial charge < -0.3 is 14.8 Å². The summed E-state index contributed by atoms with van der Waals surface area (Å²) in [5.41, 5.74) is 1.07. The van der Waals surface area contributed by atoms with Crippen LogP contribution in [0.3, 0.4) is 0 Å². The first-order valence-corrected chi connectivity index (χ1v) is 6.88. The van der Waals surface area contributed by atoms with Crippen molar-refractivity contribution in [2.24, 2.45) is 0 Å². The Morgan fingerprint density at radius 1 is 1.21 bits per heavy atom. The third-order valence-electron chi connectivity index (χ3n) is 2.33. The molecule has 7 heteroatoms. The molecule has 6 nitrogen and oxygen atoms in total. The van der Waals surface area contributed by atoms with Crippen LogP contribution in [-0.2, 0) is 6.54 Å². The van der Waals surface area contributed by atoms with Crippen LogP contribution in [0.25, 0.3) is 0 Å². The van der Waals surface area contributed by atoms with Crippen molar-refractivity contribution in [2.45, 2.75) is 6.54 Å². The number of nitrogens with zero attached hydrogens (tertiary/aromatic N) is 3. The molecule has 0 spiro atoms. The van der Waals surface area contributed by atoms with Crippen molar-refractivity contribution in [1.29, 1.82) is 0 Å². The fourth-order valence-electron chi connectivity index (χ4n) is 1.42. The smallest absolute Gasteiger partial charge is 0.233 e. The van der Waals surface area contributed by atoms with Gasteiger partial charge in [0.15, 0.2) is 0 Å². The highest BCUT2D eigenvalue weighted by molar-refractivity contribution is 7.99. The minimum atomic E-state index is 0.489. The van der Waals surface area contributed by atoms with Crippen molar-refractivity contribution in [2.75, 3.05) is 23.4 Å². The van der Waals surface area contributed by atoms with Gasteiger partial charge in [-0.3, -0.25) is 4.98 Å². The van der Waals surface area contributed by atoms with Crippen molar-refractivity contribution >= 4 is 23.6 Å². The van der Waals surface area contributed by atoms with Gasteiger partial charge in [-0.2, -0.15) is 4.98 Å². The number of rotatable bonds is 6. The van der Waals surface area contributed by atoms with Crippen LogP contribution < -0.4 is 14.8 Å². The Balaban J connectivity index is 1.94. The second kappa shape index (κ2) is 6.79. The van der Waals surface area contributed by atoms with Gasteiger partial charge in [0.05, 0.1) is 19.5 Å². The van der Waals surface area contributed by atoms with Crippen molar-refractivity contribution < 1.29 is 4.74 Å². The molecule has 0 aromatic carbocycles. The third kappa shape index (κ3) is 3.99. The molecule has 0 aliphatic heterocycles. The molecular formula is C12H15N5OS. The number of hydrogen-bond acceptors (Lipinski definition) is 7. The fourth-order valence-corrected chi connectivity index (χ4v) is 1.75. The van der Waals surface area contributed by atoms with Crippen LogP contribution in [0, 0.1) is 0 Å². The van der Waals surface area contributed by atoms with Gasteiger partial charge in [0, 0.05) is 19.0 Å². The van der Waals surface area contributed by atoms with Gasteiger partial charge >= 0.3 is 0 Å². The van der Waals surface area contributed by atoms with Crippen LogP contribution in [0.4, 0.5) is 11.6 Å². The molecule has 0 saturated carbocycles. The molecule has 100 valence electrons. The summed E-state index contributed by atoms with van der Waals surface area (Å²) < 4.78 is 8.08. The number of nitrogens with one attached hydrogen (secondary N) is 2. The molecule has 0 atom stereocenters. The Kier molecular flexibility index (Phi) is 4.79. The normalized spacial score (nSPS) is 10.0. The van der Waals surface area contributed by atoms with Crippen molar-refractivity contribution in [3.05, 3.63) is 36.3 Å². The molecule has 2 aromatic rings. The highest BCUT2D eigenvalue weighted by atomic mass is 32.2. The van der Waals surface area contributed by atoms with Crippen LogP contribution in [0.1, 0.15) is 5.56 Å². The molecule has 0 saturated heterocycles. The molecule has 2 aromatic heterocycles. The molecule has 0 aliphatic rings. The summed E-state index contributed by atoms with van der Waals surface area (Å²) in [5, 5.41) is 3.17. The maximum atomic E-state index is 5.01. The van der Waals surface area contributed by atoms with E-state index >= 15 is 0 Å². The lowest BCUT2D eigenvalue weighted by Crippen LogP contribution is -2.03. The molecule has 2 N–H and O–H groups in total. The Morgan fingerprint density at radius 2 is 2.11 bits per heavy atom. The number of methoxy groups -OCH3 is 1. The first kappa shape index (κ1) is 13.4. The van der Waals surface area contributed by atoms with Gasteiger partial charge in [0.2, 0.25) is 5.88 Å². The average molecular weight is 277 g/mol. The van der Waals surface area contributed by atoms with Crippen molar-refractivity contribution in [3.63, 3.8) is 0 Å². The standard InChI is InChI=1S/C12H15N5OS/c1-18-12-8-13-7-11(16-12)15-6-9-3-4-10(14-5-9)17-19-2/h3-5,7-8H,6H2,1-2H3,(H,14,17)(H,15,16). The van der Waals surface area contributed by atoms with E-state index < -0.39 is 0 Å². The number of pyridine rings is 1. The SMILES string of the molecule is COc1cncc(NCc2ccc(NSC)nc2)n1. The molecule has 0 unspecified atom stereocenters. The van der Waals surface area contributed by atoms with E-state index in [-0.39, 0.29) is 0 Å². The van der Waals surface area contributed by atoms with E-state index in [0.29, 0.717) is 18.2 Å². The van der Waals surface area contributed by atoms with Gasteiger partial charge in [-0.15, -0.1) is 0 Å². The summed E-state index contributed by atoms with van der Waals surface area (Å²) in [6, 6.07) is 3.94. The molecular weight excluding hydrogens is 262 g/mol. The van der Waals surface area contributed by atoms with Crippen LogP contribution in [0.5, 0.6) is 5.88 Å². The van der Waals surface area contributed by atoms with Gasteiger partial charge in [-0.05, 0) is 11.6 Å². The lowest BCUT2D eigenvalue weighted by Gasteiger charge is -2.07. The molecule has 0 aliphatic carbocycles.